The van der Waals surface area contributed by atoms with E-state index in [1.165, 1.54) is 16.4 Å². The average molecular weight is 462 g/mol. The van der Waals surface area contributed by atoms with Crippen LogP contribution in [0.3, 0.4) is 0 Å². The minimum absolute atomic E-state index is 0.00733. The average Bonchev–Trinajstić information content (AvgIpc) is 3.00. The Labute approximate surface area is 185 Å². The number of sulfonamides is 1. The van der Waals surface area contributed by atoms with Crippen molar-refractivity contribution in [3.8, 4) is 6.07 Å². The number of carbonyl (C=O) groups is 1. The van der Waals surface area contributed by atoms with Gasteiger partial charge in [-0.25, -0.2) is 8.42 Å². The van der Waals surface area contributed by atoms with Crippen LogP contribution < -0.4 is 5.32 Å². The quantitative estimate of drug-likeness (QED) is 0.506. The number of nitrogens with zero attached hydrogens (tertiary/aromatic N) is 4. The molecular weight excluding hydrogens is 438 g/mol. The Kier molecular flexibility index (Phi) is 6.63. The number of furan rings is 1. The summed E-state index contributed by atoms with van der Waals surface area (Å²) in [6, 6.07) is 5.77. The molecule has 0 bridgehead atoms. The molecule has 1 fully saturated rings. The molecule has 170 valence electrons. The van der Waals surface area contributed by atoms with E-state index >= 15 is 0 Å². The van der Waals surface area contributed by atoms with Gasteiger partial charge in [0.25, 0.3) is 5.69 Å². The molecule has 1 aliphatic rings. The van der Waals surface area contributed by atoms with Gasteiger partial charge in [0.15, 0.2) is 0 Å². The number of benzene rings is 1. The lowest BCUT2D eigenvalue weighted by Crippen LogP contribution is -2.50. The monoisotopic (exact) mass is 461 g/mol. The predicted octanol–water partition coefficient (Wildman–Crippen LogP) is 1.93. The molecule has 0 saturated carbocycles. The molecule has 1 amide bonds. The summed E-state index contributed by atoms with van der Waals surface area (Å²) in [7, 11) is -3.91. The van der Waals surface area contributed by atoms with Crippen LogP contribution >= 0.6 is 0 Å². The molecule has 0 unspecified atom stereocenters. The van der Waals surface area contributed by atoms with E-state index in [1.54, 1.807) is 25.7 Å². The SMILES string of the molecule is Cc1ccc([N+](=O)[O-])cc1S(=O)(=O)N1CCN(CC(=O)Nc2oc(C)c(C)c2C#N)CC1. The number of hydrogen-bond acceptors (Lipinski definition) is 8. The van der Waals surface area contributed by atoms with Gasteiger partial charge in [-0.3, -0.25) is 25.1 Å². The van der Waals surface area contributed by atoms with Crippen LogP contribution in [0.25, 0.3) is 0 Å². The van der Waals surface area contributed by atoms with Gasteiger partial charge < -0.3 is 4.42 Å². The first-order chi connectivity index (χ1) is 15.0. The van der Waals surface area contributed by atoms with Gasteiger partial charge in [-0.1, -0.05) is 6.07 Å². The number of nitrogens with one attached hydrogen (secondary N) is 1. The molecule has 2 heterocycles. The number of anilines is 1. The van der Waals surface area contributed by atoms with E-state index in [1.807, 2.05) is 6.07 Å². The third-order valence-electron chi connectivity index (χ3n) is 5.45. The molecule has 1 aromatic heterocycles. The molecule has 1 aliphatic heterocycles. The topological polar surface area (TPSA) is 150 Å². The van der Waals surface area contributed by atoms with E-state index in [0.29, 0.717) is 30.0 Å². The summed E-state index contributed by atoms with van der Waals surface area (Å²) < 4.78 is 32.7. The summed E-state index contributed by atoms with van der Waals surface area (Å²) in [4.78, 5) is 24.5. The number of non-ortho nitro benzene ring substituents is 1. The summed E-state index contributed by atoms with van der Waals surface area (Å²) in [6.45, 7) is 5.92. The molecule has 1 saturated heterocycles. The molecular formula is C20H23N5O6S. The molecule has 11 nitrogen and oxygen atoms in total. The minimum Gasteiger partial charge on any atom is -0.444 e. The Balaban J connectivity index is 1.63. The van der Waals surface area contributed by atoms with Crippen molar-refractivity contribution in [2.24, 2.45) is 0 Å². The lowest BCUT2D eigenvalue weighted by Gasteiger charge is -2.33. The number of carbonyl (C=O) groups excluding carboxylic acids is 1. The van der Waals surface area contributed by atoms with Crippen molar-refractivity contribution in [2.75, 3.05) is 38.0 Å². The summed E-state index contributed by atoms with van der Waals surface area (Å²) in [5, 5.41) is 22.9. The Hall–Kier alpha value is -3.27. The number of aryl methyl sites for hydroxylation is 2. The number of hydrogen-bond donors (Lipinski definition) is 1. The van der Waals surface area contributed by atoms with Gasteiger partial charge in [0.05, 0.1) is 16.4 Å². The first-order valence-corrected chi connectivity index (χ1v) is 11.3. The van der Waals surface area contributed by atoms with Gasteiger partial charge in [0.2, 0.25) is 21.8 Å². The molecule has 3 rings (SSSR count). The fraction of sp³-hybridized carbons (Fsp3) is 0.400. The third-order valence-corrected chi connectivity index (χ3v) is 7.49. The molecule has 2 aromatic rings. The molecule has 0 spiro atoms. The molecule has 12 heteroatoms. The zero-order chi connectivity index (χ0) is 23.6. The van der Waals surface area contributed by atoms with E-state index in [0.717, 1.165) is 6.07 Å². The van der Waals surface area contributed by atoms with Gasteiger partial charge in [-0.15, -0.1) is 0 Å². The van der Waals surface area contributed by atoms with Crippen molar-refractivity contribution in [1.82, 2.24) is 9.21 Å². The van der Waals surface area contributed by atoms with Crippen LogP contribution in [-0.2, 0) is 14.8 Å². The normalized spacial score (nSPS) is 15.3. The highest BCUT2D eigenvalue weighted by molar-refractivity contribution is 7.89. The second-order valence-corrected chi connectivity index (χ2v) is 9.44. The van der Waals surface area contributed by atoms with Crippen LogP contribution in [0.1, 0.15) is 22.5 Å². The third kappa shape index (κ3) is 4.64. The maximum Gasteiger partial charge on any atom is 0.270 e. The van der Waals surface area contributed by atoms with Crippen LogP contribution in [-0.4, -0.2) is 61.2 Å². The van der Waals surface area contributed by atoms with Crippen LogP contribution in [0.15, 0.2) is 27.5 Å². The van der Waals surface area contributed by atoms with Gasteiger partial charge in [-0.05, 0) is 26.3 Å². The summed E-state index contributed by atoms with van der Waals surface area (Å²) in [5.74, 6) is 0.281. The lowest BCUT2D eigenvalue weighted by molar-refractivity contribution is -0.385. The molecule has 1 N–H and O–H groups in total. The van der Waals surface area contributed by atoms with Gasteiger partial charge in [0, 0.05) is 43.9 Å². The summed E-state index contributed by atoms with van der Waals surface area (Å²) in [6.07, 6.45) is 0. The first kappa shape index (κ1) is 23.4. The maximum atomic E-state index is 13.0. The first-order valence-electron chi connectivity index (χ1n) is 9.82. The smallest absolute Gasteiger partial charge is 0.270 e. The molecule has 1 aromatic carbocycles. The van der Waals surface area contributed by atoms with Crippen molar-refractivity contribution in [3.63, 3.8) is 0 Å². The van der Waals surface area contributed by atoms with Crippen molar-refractivity contribution >= 4 is 27.5 Å². The van der Waals surface area contributed by atoms with Gasteiger partial charge in [0.1, 0.15) is 17.4 Å². The zero-order valence-electron chi connectivity index (χ0n) is 17.9. The highest BCUT2D eigenvalue weighted by atomic mass is 32.2. The van der Waals surface area contributed by atoms with Crippen LogP contribution in [0.4, 0.5) is 11.6 Å². The van der Waals surface area contributed by atoms with E-state index < -0.39 is 14.9 Å². The van der Waals surface area contributed by atoms with E-state index in [-0.39, 0.29) is 47.6 Å². The second kappa shape index (κ2) is 9.07. The summed E-state index contributed by atoms with van der Waals surface area (Å²) >= 11 is 0. The maximum absolute atomic E-state index is 13.0. The number of nitro benzene ring substituents is 1. The van der Waals surface area contributed by atoms with E-state index in [4.69, 9.17) is 4.42 Å². The number of rotatable bonds is 6. The number of nitriles is 1. The van der Waals surface area contributed by atoms with Crippen molar-refractivity contribution in [3.05, 3.63) is 50.8 Å². The fourth-order valence-corrected chi connectivity index (χ4v) is 5.13. The molecule has 0 radical (unpaired) electrons. The Morgan fingerprint density at radius 1 is 1.25 bits per heavy atom. The van der Waals surface area contributed by atoms with Crippen LogP contribution in [0, 0.1) is 42.2 Å². The Morgan fingerprint density at radius 2 is 1.91 bits per heavy atom. The number of piperazine rings is 1. The van der Waals surface area contributed by atoms with E-state index in [9.17, 15) is 28.6 Å². The molecule has 32 heavy (non-hydrogen) atoms. The highest BCUT2D eigenvalue weighted by Crippen LogP contribution is 2.26. The van der Waals surface area contributed by atoms with Gasteiger partial charge in [-0.2, -0.15) is 9.57 Å². The summed E-state index contributed by atoms with van der Waals surface area (Å²) in [5.41, 5.74) is 1.08. The number of amides is 1. The van der Waals surface area contributed by atoms with Crippen LogP contribution in [0.5, 0.6) is 0 Å². The highest BCUT2D eigenvalue weighted by Gasteiger charge is 2.31. The van der Waals surface area contributed by atoms with Crippen molar-refractivity contribution in [1.29, 1.82) is 5.26 Å². The molecule has 0 atom stereocenters. The molecule has 0 aliphatic carbocycles. The minimum atomic E-state index is -3.91. The Morgan fingerprint density at radius 3 is 2.50 bits per heavy atom. The fourth-order valence-electron chi connectivity index (χ4n) is 3.47. The predicted molar refractivity (Wildman–Crippen MR) is 115 cm³/mol. The number of nitro groups is 1. The van der Waals surface area contributed by atoms with Crippen molar-refractivity contribution < 1.29 is 22.6 Å². The zero-order valence-corrected chi connectivity index (χ0v) is 18.7. The van der Waals surface area contributed by atoms with E-state index in [2.05, 4.69) is 5.32 Å². The largest absolute Gasteiger partial charge is 0.444 e. The van der Waals surface area contributed by atoms with Crippen molar-refractivity contribution in [2.45, 2.75) is 25.7 Å². The second-order valence-electron chi connectivity index (χ2n) is 7.53. The standard InChI is InChI=1S/C20H23N5O6S/c1-13-4-5-16(25(27)28)10-18(13)32(29,30)24-8-6-23(7-9-24)12-19(26)22-20-17(11-21)14(2)15(3)31-20/h4-5,10H,6-9,12H2,1-3H3,(H,22,26). The van der Waals surface area contributed by atoms with Crippen LogP contribution in [0.2, 0.25) is 0 Å². The lowest BCUT2D eigenvalue weighted by atomic mass is 10.2. The Bertz CT molecular complexity index is 1210. The van der Waals surface area contributed by atoms with Gasteiger partial charge >= 0.3 is 0 Å².